The van der Waals surface area contributed by atoms with Crippen LogP contribution in [0.1, 0.15) is 28.8 Å². The average Bonchev–Trinajstić information content (AvgIpc) is 3.07. The van der Waals surface area contributed by atoms with Gasteiger partial charge in [-0.25, -0.2) is 0 Å². The van der Waals surface area contributed by atoms with Crippen LogP contribution in [0.25, 0.3) is 0 Å². The van der Waals surface area contributed by atoms with E-state index in [0.717, 1.165) is 42.0 Å². The van der Waals surface area contributed by atoms with Crippen molar-refractivity contribution in [2.75, 3.05) is 22.1 Å². The minimum atomic E-state index is -0.181. The van der Waals surface area contributed by atoms with Gasteiger partial charge in [0.15, 0.2) is 0 Å². The second-order valence-electron chi connectivity index (χ2n) is 6.39. The molecule has 0 aliphatic carbocycles. The Kier molecular flexibility index (Phi) is 3.49. The van der Waals surface area contributed by atoms with Gasteiger partial charge in [-0.15, -0.1) is 0 Å². The first kappa shape index (κ1) is 14.8. The Hall–Kier alpha value is -2.82. The molecule has 1 fully saturated rings. The van der Waals surface area contributed by atoms with E-state index in [9.17, 15) is 9.59 Å². The number of benzene rings is 2. The zero-order valence-electron chi connectivity index (χ0n) is 13.5. The van der Waals surface area contributed by atoms with Gasteiger partial charge in [0.25, 0.3) is 5.91 Å². The minimum absolute atomic E-state index is 0.0242. The summed E-state index contributed by atoms with van der Waals surface area (Å²) in [6.07, 6.45) is 1.91. The van der Waals surface area contributed by atoms with Gasteiger partial charge < -0.3 is 15.5 Å². The molecule has 0 aromatic heterocycles. The molecule has 0 radical (unpaired) electrons. The number of carbonyl (C=O) groups excluding carboxylic acids is 2. The van der Waals surface area contributed by atoms with Crippen molar-refractivity contribution in [2.24, 2.45) is 0 Å². The van der Waals surface area contributed by atoms with Crippen molar-refractivity contribution in [2.45, 2.75) is 25.8 Å². The highest BCUT2D eigenvalue weighted by molar-refractivity contribution is 6.08. The standard InChI is InChI=1S/C19H19N3O2/c1-12-4-7-14(8-5-12)20-18(23)13-6-9-16-15(11-13)21-19(24)17-3-2-10-22(16)17/h4-9,11,17H,2-3,10H2,1H3,(H,20,23)(H,21,24)/t17-/m0/s1. The van der Waals surface area contributed by atoms with Gasteiger partial charge in [-0.05, 0) is 50.1 Å². The van der Waals surface area contributed by atoms with E-state index < -0.39 is 0 Å². The molecule has 2 heterocycles. The summed E-state index contributed by atoms with van der Waals surface area (Å²) in [5.74, 6) is -0.157. The zero-order valence-corrected chi connectivity index (χ0v) is 13.5. The van der Waals surface area contributed by atoms with Crippen molar-refractivity contribution in [3.05, 3.63) is 53.6 Å². The van der Waals surface area contributed by atoms with E-state index in [4.69, 9.17) is 0 Å². The number of amides is 2. The van der Waals surface area contributed by atoms with E-state index in [0.29, 0.717) is 5.56 Å². The Morgan fingerprint density at radius 3 is 2.79 bits per heavy atom. The first-order valence-corrected chi connectivity index (χ1v) is 8.21. The smallest absolute Gasteiger partial charge is 0.255 e. The van der Waals surface area contributed by atoms with E-state index in [1.54, 1.807) is 6.07 Å². The summed E-state index contributed by atoms with van der Waals surface area (Å²) >= 11 is 0. The highest BCUT2D eigenvalue weighted by Gasteiger charge is 2.36. The number of anilines is 3. The normalized spacial score (nSPS) is 18.6. The molecule has 2 aromatic rings. The molecular weight excluding hydrogens is 302 g/mol. The monoisotopic (exact) mass is 321 g/mol. The fraction of sp³-hybridized carbons (Fsp3) is 0.263. The van der Waals surface area contributed by atoms with Gasteiger partial charge in [0.1, 0.15) is 6.04 Å². The van der Waals surface area contributed by atoms with Crippen molar-refractivity contribution in [3.63, 3.8) is 0 Å². The molecule has 2 amide bonds. The summed E-state index contributed by atoms with van der Waals surface area (Å²) < 4.78 is 0. The maximum Gasteiger partial charge on any atom is 0.255 e. The molecule has 2 aliphatic heterocycles. The molecule has 24 heavy (non-hydrogen) atoms. The number of rotatable bonds is 2. The molecule has 0 spiro atoms. The molecule has 0 unspecified atom stereocenters. The zero-order chi connectivity index (χ0) is 16.7. The number of aryl methyl sites for hydroxylation is 1. The molecule has 0 saturated carbocycles. The molecular formula is C19H19N3O2. The maximum atomic E-state index is 12.5. The lowest BCUT2D eigenvalue weighted by molar-refractivity contribution is -0.117. The Morgan fingerprint density at radius 2 is 2.00 bits per heavy atom. The maximum absolute atomic E-state index is 12.5. The SMILES string of the molecule is Cc1ccc(NC(=O)c2ccc3c(c2)NC(=O)[C@@H]2CCCN32)cc1. The molecule has 5 nitrogen and oxygen atoms in total. The molecule has 2 aromatic carbocycles. The van der Waals surface area contributed by atoms with Crippen LogP contribution in [0.4, 0.5) is 17.1 Å². The average molecular weight is 321 g/mol. The number of hydrogen-bond acceptors (Lipinski definition) is 3. The number of fused-ring (bicyclic) bond motifs is 3. The lowest BCUT2D eigenvalue weighted by Crippen LogP contribution is -2.43. The van der Waals surface area contributed by atoms with E-state index in [1.807, 2.05) is 43.3 Å². The van der Waals surface area contributed by atoms with Crippen LogP contribution in [0.3, 0.4) is 0 Å². The summed E-state index contributed by atoms with van der Waals surface area (Å²) in [4.78, 5) is 26.8. The molecule has 122 valence electrons. The third-order valence-electron chi connectivity index (χ3n) is 4.69. The first-order chi connectivity index (χ1) is 11.6. The third-order valence-corrected chi connectivity index (χ3v) is 4.69. The Bertz CT molecular complexity index is 814. The van der Waals surface area contributed by atoms with Gasteiger partial charge in [-0.1, -0.05) is 17.7 Å². The molecule has 4 rings (SSSR count). The van der Waals surface area contributed by atoms with Gasteiger partial charge in [0.05, 0.1) is 11.4 Å². The van der Waals surface area contributed by atoms with Crippen LogP contribution in [0.5, 0.6) is 0 Å². The fourth-order valence-electron chi connectivity index (χ4n) is 3.41. The van der Waals surface area contributed by atoms with Crippen molar-refractivity contribution < 1.29 is 9.59 Å². The molecule has 2 N–H and O–H groups in total. The van der Waals surface area contributed by atoms with E-state index in [2.05, 4.69) is 15.5 Å². The number of carbonyl (C=O) groups is 2. The van der Waals surface area contributed by atoms with Crippen LogP contribution >= 0.6 is 0 Å². The second kappa shape index (κ2) is 5.67. The second-order valence-corrected chi connectivity index (χ2v) is 6.39. The lowest BCUT2D eigenvalue weighted by atomic mass is 10.1. The Labute approximate surface area is 140 Å². The Balaban J connectivity index is 1.59. The van der Waals surface area contributed by atoms with E-state index >= 15 is 0 Å². The number of nitrogens with one attached hydrogen (secondary N) is 2. The van der Waals surface area contributed by atoms with Gasteiger partial charge in [0, 0.05) is 17.8 Å². The minimum Gasteiger partial charge on any atom is -0.358 e. The summed E-state index contributed by atoms with van der Waals surface area (Å²) in [6, 6.07) is 13.1. The highest BCUT2D eigenvalue weighted by Crippen LogP contribution is 2.37. The van der Waals surface area contributed by atoms with Crippen molar-refractivity contribution >= 4 is 28.9 Å². The van der Waals surface area contributed by atoms with Crippen molar-refractivity contribution in [3.8, 4) is 0 Å². The van der Waals surface area contributed by atoms with Crippen LogP contribution in [-0.2, 0) is 4.79 Å². The van der Waals surface area contributed by atoms with Crippen molar-refractivity contribution in [1.29, 1.82) is 0 Å². The van der Waals surface area contributed by atoms with Crippen LogP contribution in [0.15, 0.2) is 42.5 Å². The van der Waals surface area contributed by atoms with Crippen molar-refractivity contribution in [1.82, 2.24) is 0 Å². The largest absolute Gasteiger partial charge is 0.358 e. The molecule has 1 atom stereocenters. The topological polar surface area (TPSA) is 61.4 Å². The molecule has 1 saturated heterocycles. The highest BCUT2D eigenvalue weighted by atomic mass is 16.2. The Morgan fingerprint density at radius 1 is 1.21 bits per heavy atom. The van der Waals surface area contributed by atoms with Crippen LogP contribution in [0.2, 0.25) is 0 Å². The molecule has 0 bridgehead atoms. The van der Waals surface area contributed by atoms with Gasteiger partial charge in [-0.2, -0.15) is 0 Å². The van der Waals surface area contributed by atoms with Gasteiger partial charge in [0.2, 0.25) is 5.91 Å². The summed E-state index contributed by atoms with van der Waals surface area (Å²) in [7, 11) is 0. The molecule has 5 heteroatoms. The van der Waals surface area contributed by atoms with Crippen LogP contribution < -0.4 is 15.5 Å². The van der Waals surface area contributed by atoms with Gasteiger partial charge in [-0.3, -0.25) is 9.59 Å². The lowest BCUT2D eigenvalue weighted by Gasteiger charge is -2.33. The predicted octanol–water partition coefficient (Wildman–Crippen LogP) is 3.17. The number of hydrogen-bond donors (Lipinski definition) is 2. The van der Waals surface area contributed by atoms with Crippen LogP contribution in [0, 0.1) is 6.92 Å². The van der Waals surface area contributed by atoms with E-state index in [-0.39, 0.29) is 17.9 Å². The third kappa shape index (κ3) is 2.52. The van der Waals surface area contributed by atoms with E-state index in [1.165, 1.54) is 0 Å². The summed E-state index contributed by atoms with van der Waals surface area (Å²) in [5, 5.41) is 5.82. The quantitative estimate of drug-likeness (QED) is 0.893. The summed E-state index contributed by atoms with van der Waals surface area (Å²) in [6.45, 7) is 2.89. The first-order valence-electron chi connectivity index (χ1n) is 8.21. The summed E-state index contributed by atoms with van der Waals surface area (Å²) in [5.41, 5.74) is 4.16. The number of nitrogens with zero attached hydrogens (tertiary/aromatic N) is 1. The van der Waals surface area contributed by atoms with Crippen LogP contribution in [-0.4, -0.2) is 24.4 Å². The fourth-order valence-corrected chi connectivity index (χ4v) is 3.41. The molecule has 2 aliphatic rings. The predicted molar refractivity (Wildman–Crippen MR) is 94.6 cm³/mol. The van der Waals surface area contributed by atoms with Gasteiger partial charge >= 0.3 is 0 Å².